The lowest BCUT2D eigenvalue weighted by Crippen LogP contribution is -2.51. The highest BCUT2D eigenvalue weighted by atomic mass is 16.6. The summed E-state index contributed by atoms with van der Waals surface area (Å²) in [5.41, 5.74) is 0. The van der Waals surface area contributed by atoms with Gasteiger partial charge in [0.2, 0.25) is 0 Å². The first-order valence-electron chi connectivity index (χ1n) is 3.16. The van der Waals surface area contributed by atoms with E-state index in [-0.39, 0.29) is 18.5 Å². The van der Waals surface area contributed by atoms with E-state index in [2.05, 4.69) is 4.74 Å². The topological polar surface area (TPSA) is 66.8 Å². The molecule has 1 aliphatic rings. The number of cyclic esters (lactones) is 1. The summed E-state index contributed by atoms with van der Waals surface area (Å²) in [6.45, 7) is 1.30. The van der Waals surface area contributed by atoms with Crippen LogP contribution in [-0.2, 0) is 9.53 Å². The second-order valence-electron chi connectivity index (χ2n) is 2.44. The first-order valence-corrected chi connectivity index (χ1v) is 3.16. The molecular weight excluding hydrogens is 136 g/mol. The van der Waals surface area contributed by atoms with E-state index in [1.165, 1.54) is 0 Å². The van der Waals surface area contributed by atoms with Gasteiger partial charge in [-0.05, 0) is 6.92 Å². The van der Waals surface area contributed by atoms with Crippen molar-refractivity contribution in [1.29, 1.82) is 0 Å². The lowest BCUT2D eigenvalue weighted by molar-refractivity contribution is -0.198. The maximum atomic E-state index is 10.4. The smallest absolute Gasteiger partial charge is 0.312 e. The third-order valence-electron chi connectivity index (χ3n) is 1.68. The van der Waals surface area contributed by atoms with Crippen molar-refractivity contribution in [3.8, 4) is 0 Å². The number of rotatable bonds is 2. The molecule has 0 aromatic carbocycles. The van der Waals surface area contributed by atoms with E-state index in [1.807, 2.05) is 0 Å². The Hall–Kier alpha value is -0.610. The fourth-order valence-electron chi connectivity index (χ4n) is 0.921. The van der Waals surface area contributed by atoms with Crippen LogP contribution in [0.1, 0.15) is 6.92 Å². The molecule has 1 saturated heterocycles. The Bertz CT molecular complexity index is 145. The van der Waals surface area contributed by atoms with Crippen molar-refractivity contribution in [3.63, 3.8) is 0 Å². The largest absolute Gasteiger partial charge is 0.458 e. The Kier molecular flexibility index (Phi) is 1.92. The van der Waals surface area contributed by atoms with Crippen LogP contribution in [0.25, 0.3) is 0 Å². The van der Waals surface area contributed by atoms with E-state index < -0.39 is 12.2 Å². The van der Waals surface area contributed by atoms with E-state index in [1.54, 1.807) is 6.92 Å². The highest BCUT2D eigenvalue weighted by molar-refractivity contribution is 5.78. The Morgan fingerprint density at radius 1 is 1.80 bits per heavy atom. The summed E-state index contributed by atoms with van der Waals surface area (Å²) in [6, 6.07) is 0. The number of carbonyl (C=O) groups excluding carboxylic acids is 1. The van der Waals surface area contributed by atoms with Crippen molar-refractivity contribution in [2.75, 3.05) is 6.61 Å². The molecule has 0 radical (unpaired) electrons. The van der Waals surface area contributed by atoms with Crippen LogP contribution < -0.4 is 0 Å². The molecule has 58 valence electrons. The molecule has 3 atom stereocenters. The Balaban J connectivity index is 2.39. The van der Waals surface area contributed by atoms with Crippen molar-refractivity contribution in [3.05, 3.63) is 0 Å². The minimum absolute atomic E-state index is 0.276. The molecular formula is C6H10O4. The molecule has 4 heteroatoms. The average molecular weight is 146 g/mol. The molecule has 1 rings (SSSR count). The van der Waals surface area contributed by atoms with Gasteiger partial charge in [-0.2, -0.15) is 0 Å². The van der Waals surface area contributed by atoms with Crippen molar-refractivity contribution in [2.24, 2.45) is 5.92 Å². The van der Waals surface area contributed by atoms with Gasteiger partial charge in [0.25, 0.3) is 0 Å². The summed E-state index contributed by atoms with van der Waals surface area (Å²) in [7, 11) is 0. The Labute approximate surface area is 58.4 Å². The standard InChI is InChI=1S/C6H10O4/c1-3-5(4(8)2-7)10-6(3)9/h3-5,7-8H,2H2,1H3. The fourth-order valence-corrected chi connectivity index (χ4v) is 0.921. The summed E-state index contributed by atoms with van der Waals surface area (Å²) in [5.74, 6) is -0.584. The molecule has 3 unspecified atom stereocenters. The molecule has 0 aromatic rings. The van der Waals surface area contributed by atoms with Gasteiger partial charge in [0.15, 0.2) is 0 Å². The summed E-state index contributed by atoms with van der Waals surface area (Å²) in [6.07, 6.45) is -1.43. The Morgan fingerprint density at radius 3 is 2.70 bits per heavy atom. The third kappa shape index (κ3) is 0.998. The summed E-state index contributed by atoms with van der Waals surface area (Å²) >= 11 is 0. The number of aliphatic hydroxyl groups is 2. The molecule has 1 aliphatic heterocycles. The molecule has 2 N–H and O–H groups in total. The highest BCUT2D eigenvalue weighted by Gasteiger charge is 2.42. The normalized spacial score (nSPS) is 34.5. The predicted molar refractivity (Wildman–Crippen MR) is 32.1 cm³/mol. The summed E-state index contributed by atoms with van der Waals surface area (Å²) in [4.78, 5) is 10.4. The van der Waals surface area contributed by atoms with Crippen LogP contribution in [-0.4, -0.2) is 35.0 Å². The zero-order valence-electron chi connectivity index (χ0n) is 5.65. The summed E-state index contributed by atoms with van der Waals surface area (Å²) < 4.78 is 4.56. The minimum atomic E-state index is -0.923. The molecule has 0 amide bonds. The van der Waals surface area contributed by atoms with Crippen LogP contribution in [0.2, 0.25) is 0 Å². The van der Waals surface area contributed by atoms with E-state index in [4.69, 9.17) is 10.2 Å². The predicted octanol–water partition coefficient (Wildman–Crippen LogP) is -1.10. The molecule has 0 bridgehead atoms. The molecule has 10 heavy (non-hydrogen) atoms. The van der Waals surface area contributed by atoms with E-state index in [0.29, 0.717) is 0 Å². The van der Waals surface area contributed by atoms with Gasteiger partial charge in [-0.25, -0.2) is 0 Å². The van der Waals surface area contributed by atoms with Gasteiger partial charge in [0.1, 0.15) is 12.2 Å². The van der Waals surface area contributed by atoms with Gasteiger partial charge in [0.05, 0.1) is 12.5 Å². The van der Waals surface area contributed by atoms with Crippen molar-refractivity contribution in [1.82, 2.24) is 0 Å². The van der Waals surface area contributed by atoms with Gasteiger partial charge in [-0.3, -0.25) is 4.79 Å². The molecule has 0 spiro atoms. The number of hydrogen-bond acceptors (Lipinski definition) is 4. The van der Waals surface area contributed by atoms with Gasteiger partial charge < -0.3 is 14.9 Å². The number of hydrogen-bond donors (Lipinski definition) is 2. The van der Waals surface area contributed by atoms with Crippen LogP contribution in [0.4, 0.5) is 0 Å². The zero-order chi connectivity index (χ0) is 7.72. The second-order valence-corrected chi connectivity index (χ2v) is 2.44. The molecule has 0 saturated carbocycles. The fraction of sp³-hybridized carbons (Fsp3) is 0.833. The highest BCUT2D eigenvalue weighted by Crippen LogP contribution is 2.23. The molecule has 1 heterocycles. The number of ether oxygens (including phenoxy) is 1. The first-order chi connectivity index (χ1) is 4.66. The lowest BCUT2D eigenvalue weighted by atomic mass is 9.95. The third-order valence-corrected chi connectivity index (χ3v) is 1.68. The van der Waals surface area contributed by atoms with Crippen LogP contribution >= 0.6 is 0 Å². The summed E-state index contributed by atoms with van der Waals surface area (Å²) in [5, 5.41) is 17.4. The lowest BCUT2D eigenvalue weighted by Gasteiger charge is -2.35. The monoisotopic (exact) mass is 146 g/mol. The minimum Gasteiger partial charge on any atom is -0.458 e. The van der Waals surface area contributed by atoms with Gasteiger partial charge in [-0.1, -0.05) is 0 Å². The molecule has 4 nitrogen and oxygen atoms in total. The van der Waals surface area contributed by atoms with Gasteiger partial charge >= 0.3 is 5.97 Å². The van der Waals surface area contributed by atoms with Gasteiger partial charge in [-0.15, -0.1) is 0 Å². The number of carbonyl (C=O) groups is 1. The molecule has 0 aliphatic carbocycles. The first kappa shape index (κ1) is 7.50. The van der Waals surface area contributed by atoms with E-state index in [9.17, 15) is 4.79 Å². The van der Waals surface area contributed by atoms with Crippen molar-refractivity contribution in [2.45, 2.75) is 19.1 Å². The number of aliphatic hydroxyl groups excluding tert-OH is 2. The maximum absolute atomic E-state index is 10.4. The van der Waals surface area contributed by atoms with E-state index in [0.717, 1.165) is 0 Å². The van der Waals surface area contributed by atoms with Crippen LogP contribution in [0.3, 0.4) is 0 Å². The second kappa shape index (κ2) is 2.56. The maximum Gasteiger partial charge on any atom is 0.312 e. The number of esters is 1. The Morgan fingerprint density at radius 2 is 2.40 bits per heavy atom. The van der Waals surface area contributed by atoms with E-state index >= 15 is 0 Å². The molecule has 1 fully saturated rings. The van der Waals surface area contributed by atoms with Crippen LogP contribution in [0, 0.1) is 5.92 Å². The van der Waals surface area contributed by atoms with Crippen LogP contribution in [0.5, 0.6) is 0 Å². The average Bonchev–Trinajstić information content (AvgIpc) is 1.98. The van der Waals surface area contributed by atoms with Crippen molar-refractivity contribution >= 4 is 5.97 Å². The molecule has 0 aromatic heterocycles. The van der Waals surface area contributed by atoms with Crippen LogP contribution in [0.15, 0.2) is 0 Å². The van der Waals surface area contributed by atoms with Crippen molar-refractivity contribution < 1.29 is 19.7 Å². The van der Waals surface area contributed by atoms with Gasteiger partial charge in [0, 0.05) is 0 Å². The SMILES string of the molecule is CC1C(=O)OC1C(O)CO. The zero-order valence-corrected chi connectivity index (χ0v) is 5.65. The quantitative estimate of drug-likeness (QED) is 0.485.